The van der Waals surface area contributed by atoms with Gasteiger partial charge in [0.1, 0.15) is 0 Å². The Morgan fingerprint density at radius 3 is 2.45 bits per heavy atom. The summed E-state index contributed by atoms with van der Waals surface area (Å²) in [4.78, 5) is 15.9. The monoisotopic (exact) mass is 286 g/mol. The lowest BCUT2D eigenvalue weighted by molar-refractivity contribution is -0.132. The molecule has 0 bridgehead atoms. The van der Waals surface area contributed by atoms with Crippen molar-refractivity contribution < 1.29 is 14.6 Å². The summed E-state index contributed by atoms with van der Waals surface area (Å²) in [6.45, 7) is 10.6. The molecule has 5 nitrogen and oxygen atoms in total. The van der Waals surface area contributed by atoms with E-state index in [0.29, 0.717) is 31.3 Å². The van der Waals surface area contributed by atoms with Crippen molar-refractivity contribution in [3.05, 3.63) is 0 Å². The number of carbonyl (C=O) groups is 1. The van der Waals surface area contributed by atoms with E-state index in [1.54, 1.807) is 11.9 Å². The predicted molar refractivity (Wildman–Crippen MR) is 79.5 cm³/mol. The van der Waals surface area contributed by atoms with E-state index in [4.69, 9.17) is 4.74 Å². The fraction of sp³-hybridized carbons (Fsp3) is 0.933. The van der Waals surface area contributed by atoms with E-state index in [2.05, 4.69) is 25.7 Å². The maximum atomic E-state index is 12.1. The Hall–Kier alpha value is -0.650. The average Bonchev–Trinajstić information content (AvgIpc) is 2.39. The molecule has 1 rings (SSSR count). The molecule has 2 atom stereocenters. The standard InChI is InChI=1S/C15H30N2O3/c1-12(2)13(3)9-15(19)16(4)10-14(18)11-17-5-7-20-8-6-17/h12-14,18H,5-11H2,1-4H3. The Morgan fingerprint density at radius 1 is 1.30 bits per heavy atom. The van der Waals surface area contributed by atoms with E-state index < -0.39 is 6.10 Å². The number of likely N-dealkylation sites (N-methyl/N-ethyl adjacent to an activating group) is 1. The van der Waals surface area contributed by atoms with Gasteiger partial charge in [-0.05, 0) is 11.8 Å². The molecule has 1 heterocycles. The lowest BCUT2D eigenvalue weighted by atomic mass is 9.94. The average molecular weight is 286 g/mol. The van der Waals surface area contributed by atoms with E-state index in [0.717, 1.165) is 26.3 Å². The van der Waals surface area contributed by atoms with Gasteiger partial charge in [0.25, 0.3) is 0 Å². The first-order valence-electron chi connectivity index (χ1n) is 7.62. The third-order valence-electron chi connectivity index (χ3n) is 4.12. The Labute approximate surface area is 122 Å². The first-order chi connectivity index (χ1) is 9.40. The molecular formula is C15H30N2O3. The highest BCUT2D eigenvalue weighted by molar-refractivity contribution is 5.76. The van der Waals surface area contributed by atoms with E-state index in [9.17, 15) is 9.90 Å². The first kappa shape index (κ1) is 17.4. The van der Waals surface area contributed by atoms with Crippen molar-refractivity contribution in [3.63, 3.8) is 0 Å². The van der Waals surface area contributed by atoms with Gasteiger partial charge < -0.3 is 14.7 Å². The largest absolute Gasteiger partial charge is 0.390 e. The number of aliphatic hydroxyl groups is 1. The minimum atomic E-state index is -0.489. The number of carbonyl (C=O) groups excluding carboxylic acids is 1. The summed E-state index contributed by atoms with van der Waals surface area (Å²) in [5.41, 5.74) is 0. The maximum absolute atomic E-state index is 12.1. The van der Waals surface area contributed by atoms with Crippen LogP contribution in [0.3, 0.4) is 0 Å². The van der Waals surface area contributed by atoms with Gasteiger partial charge in [0.15, 0.2) is 0 Å². The van der Waals surface area contributed by atoms with Crippen LogP contribution >= 0.6 is 0 Å². The van der Waals surface area contributed by atoms with Gasteiger partial charge in [-0.1, -0.05) is 20.8 Å². The molecule has 1 N–H and O–H groups in total. The van der Waals surface area contributed by atoms with Crippen molar-refractivity contribution in [2.24, 2.45) is 11.8 Å². The van der Waals surface area contributed by atoms with Gasteiger partial charge in [0.05, 0.1) is 19.3 Å². The van der Waals surface area contributed by atoms with Crippen LogP contribution < -0.4 is 0 Å². The summed E-state index contributed by atoms with van der Waals surface area (Å²) in [5, 5.41) is 10.1. The Morgan fingerprint density at radius 2 is 1.90 bits per heavy atom. The van der Waals surface area contributed by atoms with E-state index in [-0.39, 0.29) is 5.91 Å². The second-order valence-electron chi connectivity index (χ2n) is 6.27. The topological polar surface area (TPSA) is 53.0 Å². The smallest absolute Gasteiger partial charge is 0.222 e. The fourth-order valence-corrected chi connectivity index (χ4v) is 2.22. The maximum Gasteiger partial charge on any atom is 0.222 e. The molecule has 2 unspecified atom stereocenters. The van der Waals surface area contributed by atoms with Crippen molar-refractivity contribution >= 4 is 5.91 Å². The third kappa shape index (κ3) is 6.20. The number of hydrogen-bond acceptors (Lipinski definition) is 4. The van der Waals surface area contributed by atoms with Crippen LogP contribution in [0.4, 0.5) is 0 Å². The lowest BCUT2D eigenvalue weighted by Crippen LogP contribution is -2.45. The highest BCUT2D eigenvalue weighted by Crippen LogP contribution is 2.15. The molecule has 1 aliphatic rings. The summed E-state index contributed by atoms with van der Waals surface area (Å²) in [7, 11) is 1.78. The van der Waals surface area contributed by atoms with Gasteiger partial charge in [-0.3, -0.25) is 9.69 Å². The molecule has 5 heteroatoms. The second-order valence-corrected chi connectivity index (χ2v) is 6.27. The lowest BCUT2D eigenvalue weighted by Gasteiger charge is -2.30. The SMILES string of the molecule is CC(C)C(C)CC(=O)N(C)CC(O)CN1CCOCC1. The molecule has 0 saturated carbocycles. The number of amides is 1. The minimum Gasteiger partial charge on any atom is -0.390 e. The van der Waals surface area contributed by atoms with E-state index in [1.807, 2.05) is 0 Å². The van der Waals surface area contributed by atoms with Crippen molar-refractivity contribution in [3.8, 4) is 0 Å². The molecule has 1 amide bonds. The molecule has 0 aromatic rings. The number of β-amino-alcohol motifs (C(OH)–C–C–N with tert-alkyl or cyclic N) is 1. The quantitative estimate of drug-likeness (QED) is 0.753. The van der Waals surface area contributed by atoms with Crippen LogP contribution in [0.2, 0.25) is 0 Å². The Kier molecular flexibility index (Phi) is 7.48. The van der Waals surface area contributed by atoms with Crippen LogP contribution in [0.15, 0.2) is 0 Å². The molecular weight excluding hydrogens is 256 g/mol. The first-order valence-corrected chi connectivity index (χ1v) is 7.62. The van der Waals surface area contributed by atoms with E-state index in [1.165, 1.54) is 0 Å². The summed E-state index contributed by atoms with van der Waals surface area (Å²) >= 11 is 0. The highest BCUT2D eigenvalue weighted by atomic mass is 16.5. The van der Waals surface area contributed by atoms with Crippen LogP contribution in [-0.4, -0.2) is 73.4 Å². The third-order valence-corrected chi connectivity index (χ3v) is 4.12. The predicted octanol–water partition coefficient (Wildman–Crippen LogP) is 0.820. The normalized spacial score (nSPS) is 19.9. The van der Waals surface area contributed by atoms with Gasteiger partial charge >= 0.3 is 0 Å². The van der Waals surface area contributed by atoms with Gasteiger partial charge in [-0.2, -0.15) is 0 Å². The second kappa shape index (κ2) is 8.60. The van der Waals surface area contributed by atoms with Gasteiger partial charge in [-0.15, -0.1) is 0 Å². The summed E-state index contributed by atoms with van der Waals surface area (Å²) < 4.78 is 5.28. The number of aliphatic hydroxyl groups excluding tert-OH is 1. The molecule has 20 heavy (non-hydrogen) atoms. The van der Waals surface area contributed by atoms with Crippen LogP contribution in [0.25, 0.3) is 0 Å². The zero-order chi connectivity index (χ0) is 15.1. The number of morpholine rings is 1. The molecule has 0 radical (unpaired) electrons. The molecule has 0 aromatic heterocycles. The van der Waals surface area contributed by atoms with Gasteiger partial charge in [-0.25, -0.2) is 0 Å². The Bertz CT molecular complexity index is 291. The molecule has 0 aromatic carbocycles. The number of hydrogen-bond donors (Lipinski definition) is 1. The van der Waals surface area contributed by atoms with Crippen molar-refractivity contribution in [2.75, 3.05) is 46.4 Å². The molecule has 1 saturated heterocycles. The molecule has 1 fully saturated rings. The van der Waals surface area contributed by atoms with Crippen molar-refractivity contribution in [1.29, 1.82) is 0 Å². The zero-order valence-corrected chi connectivity index (χ0v) is 13.3. The highest BCUT2D eigenvalue weighted by Gasteiger charge is 2.20. The summed E-state index contributed by atoms with van der Waals surface area (Å²) in [6.07, 6.45) is 0.0646. The Balaban J connectivity index is 2.28. The van der Waals surface area contributed by atoms with Crippen LogP contribution in [0.1, 0.15) is 27.2 Å². The molecule has 0 spiro atoms. The van der Waals surface area contributed by atoms with Crippen LogP contribution in [0, 0.1) is 11.8 Å². The zero-order valence-electron chi connectivity index (χ0n) is 13.3. The van der Waals surface area contributed by atoms with Crippen LogP contribution in [-0.2, 0) is 9.53 Å². The minimum absolute atomic E-state index is 0.118. The van der Waals surface area contributed by atoms with Crippen molar-refractivity contribution in [2.45, 2.75) is 33.3 Å². The molecule has 118 valence electrons. The summed E-state index contributed by atoms with van der Waals surface area (Å²) in [6, 6.07) is 0. The van der Waals surface area contributed by atoms with E-state index >= 15 is 0 Å². The number of rotatable bonds is 7. The number of ether oxygens (including phenoxy) is 1. The van der Waals surface area contributed by atoms with Crippen LogP contribution in [0.5, 0.6) is 0 Å². The summed E-state index contributed by atoms with van der Waals surface area (Å²) in [5.74, 6) is 0.999. The fourth-order valence-electron chi connectivity index (χ4n) is 2.22. The number of nitrogens with zero attached hydrogens (tertiary/aromatic N) is 2. The van der Waals surface area contributed by atoms with Gasteiger partial charge in [0, 0.05) is 39.6 Å². The molecule has 1 aliphatic heterocycles. The van der Waals surface area contributed by atoms with Crippen molar-refractivity contribution in [1.82, 2.24) is 9.80 Å². The van der Waals surface area contributed by atoms with Gasteiger partial charge in [0.2, 0.25) is 5.91 Å². The molecule has 0 aliphatic carbocycles.